The van der Waals surface area contributed by atoms with Crippen LogP contribution >= 0.6 is 11.6 Å². The van der Waals surface area contributed by atoms with Gasteiger partial charge < -0.3 is 20.1 Å². The van der Waals surface area contributed by atoms with Gasteiger partial charge >= 0.3 is 6.03 Å². The molecule has 0 saturated carbocycles. The molecule has 0 unspecified atom stereocenters. The molecule has 0 aromatic heterocycles. The molecule has 27 heavy (non-hydrogen) atoms. The Morgan fingerprint density at radius 1 is 1.33 bits per heavy atom. The molecule has 1 heterocycles. The Morgan fingerprint density at radius 3 is 2.81 bits per heavy atom. The van der Waals surface area contributed by atoms with Crippen LogP contribution in [-0.4, -0.2) is 38.7 Å². The molecule has 7 nitrogen and oxygen atoms in total. The minimum Gasteiger partial charge on any atom is -0.493 e. The van der Waals surface area contributed by atoms with Gasteiger partial charge in [-0.3, -0.25) is 9.69 Å². The van der Waals surface area contributed by atoms with E-state index in [2.05, 4.69) is 10.6 Å². The summed E-state index contributed by atoms with van der Waals surface area (Å²) in [5.41, 5.74) is 1.62. The van der Waals surface area contributed by atoms with E-state index in [1.165, 1.54) is 13.2 Å². The molecule has 0 spiro atoms. The number of hydrogen-bond acceptors (Lipinski definition) is 4. The second kappa shape index (κ2) is 8.18. The van der Waals surface area contributed by atoms with Gasteiger partial charge in [0.25, 0.3) is 5.91 Å². The normalized spacial score (nSPS) is 13.3. The fourth-order valence-corrected chi connectivity index (χ4v) is 3.07. The molecule has 1 aliphatic heterocycles. The van der Waals surface area contributed by atoms with Crippen LogP contribution in [0.2, 0.25) is 5.02 Å². The SMILES string of the molecule is CCOc1c(Cl)cc(C(=O)Nc2cccc(N3CCNC3=O)c2)cc1OC. The van der Waals surface area contributed by atoms with Gasteiger partial charge in [-0.1, -0.05) is 17.7 Å². The Morgan fingerprint density at radius 2 is 2.15 bits per heavy atom. The zero-order chi connectivity index (χ0) is 19.4. The summed E-state index contributed by atoms with van der Waals surface area (Å²) in [6.45, 7) is 3.45. The van der Waals surface area contributed by atoms with Gasteiger partial charge in [0.05, 0.1) is 18.7 Å². The predicted octanol–water partition coefficient (Wildman–Crippen LogP) is 3.53. The van der Waals surface area contributed by atoms with E-state index in [1.807, 2.05) is 13.0 Å². The number of carbonyl (C=O) groups excluding carboxylic acids is 2. The van der Waals surface area contributed by atoms with Crippen molar-refractivity contribution in [2.24, 2.45) is 0 Å². The fraction of sp³-hybridized carbons (Fsp3) is 0.263. The molecule has 142 valence electrons. The molecule has 0 aliphatic carbocycles. The Balaban J connectivity index is 1.81. The average molecular weight is 390 g/mol. The minimum atomic E-state index is -0.346. The van der Waals surface area contributed by atoms with Crippen LogP contribution in [0.5, 0.6) is 11.5 Å². The predicted molar refractivity (Wildman–Crippen MR) is 104 cm³/mol. The van der Waals surface area contributed by atoms with Crippen LogP contribution < -0.4 is 25.0 Å². The lowest BCUT2D eigenvalue weighted by molar-refractivity contribution is 0.102. The first-order valence-electron chi connectivity index (χ1n) is 8.50. The van der Waals surface area contributed by atoms with Gasteiger partial charge in [0.2, 0.25) is 0 Å². The summed E-state index contributed by atoms with van der Waals surface area (Å²) in [7, 11) is 1.49. The van der Waals surface area contributed by atoms with E-state index >= 15 is 0 Å². The van der Waals surface area contributed by atoms with Crippen molar-refractivity contribution in [3.8, 4) is 11.5 Å². The van der Waals surface area contributed by atoms with Crippen molar-refractivity contribution in [1.82, 2.24) is 5.32 Å². The molecule has 2 aromatic carbocycles. The Kier molecular flexibility index (Phi) is 5.71. The number of urea groups is 1. The van der Waals surface area contributed by atoms with Gasteiger partial charge in [0, 0.05) is 30.0 Å². The van der Waals surface area contributed by atoms with Gasteiger partial charge in [0.1, 0.15) is 0 Å². The molecule has 2 aromatic rings. The third kappa shape index (κ3) is 4.09. The van der Waals surface area contributed by atoms with Crippen molar-refractivity contribution in [2.75, 3.05) is 37.0 Å². The molecule has 8 heteroatoms. The molecule has 1 saturated heterocycles. The molecule has 1 aliphatic rings. The highest BCUT2D eigenvalue weighted by atomic mass is 35.5. The number of carbonyl (C=O) groups is 2. The first-order chi connectivity index (χ1) is 13.0. The van der Waals surface area contributed by atoms with E-state index < -0.39 is 0 Å². The lowest BCUT2D eigenvalue weighted by Crippen LogP contribution is -2.27. The third-order valence-corrected chi connectivity index (χ3v) is 4.33. The highest BCUT2D eigenvalue weighted by Crippen LogP contribution is 2.36. The molecule has 0 bridgehead atoms. The fourth-order valence-electron chi connectivity index (χ4n) is 2.81. The molecule has 0 radical (unpaired) electrons. The minimum absolute atomic E-state index is 0.151. The van der Waals surface area contributed by atoms with E-state index in [-0.39, 0.29) is 11.9 Å². The van der Waals surface area contributed by atoms with Crippen molar-refractivity contribution in [3.63, 3.8) is 0 Å². The van der Waals surface area contributed by atoms with Crippen molar-refractivity contribution < 1.29 is 19.1 Å². The highest BCUT2D eigenvalue weighted by molar-refractivity contribution is 6.32. The van der Waals surface area contributed by atoms with Gasteiger partial charge in [-0.2, -0.15) is 0 Å². The molecular formula is C19H20ClN3O4. The van der Waals surface area contributed by atoms with Gasteiger partial charge in [-0.05, 0) is 37.3 Å². The van der Waals surface area contributed by atoms with E-state index in [0.717, 1.165) is 0 Å². The number of ether oxygens (including phenoxy) is 2. The number of anilines is 2. The van der Waals surface area contributed by atoms with Gasteiger partial charge in [0.15, 0.2) is 11.5 Å². The van der Waals surface area contributed by atoms with E-state index in [1.54, 1.807) is 29.2 Å². The molecule has 1 fully saturated rings. The van der Waals surface area contributed by atoms with Crippen molar-refractivity contribution in [2.45, 2.75) is 6.92 Å². The summed E-state index contributed by atoms with van der Waals surface area (Å²) in [5, 5.41) is 5.86. The monoisotopic (exact) mass is 389 g/mol. The number of hydrogen-bond donors (Lipinski definition) is 2. The molecule has 2 N–H and O–H groups in total. The number of methoxy groups -OCH3 is 1. The van der Waals surface area contributed by atoms with Crippen molar-refractivity contribution >= 4 is 34.9 Å². The van der Waals surface area contributed by atoms with Crippen LogP contribution in [0.25, 0.3) is 0 Å². The summed E-state index contributed by atoms with van der Waals surface area (Å²) in [5.74, 6) is 0.443. The smallest absolute Gasteiger partial charge is 0.321 e. The highest BCUT2D eigenvalue weighted by Gasteiger charge is 2.21. The van der Waals surface area contributed by atoms with Crippen LogP contribution in [0.4, 0.5) is 16.2 Å². The molecule has 3 rings (SSSR count). The lowest BCUT2D eigenvalue weighted by atomic mass is 10.1. The van der Waals surface area contributed by atoms with Crippen molar-refractivity contribution in [3.05, 3.63) is 47.0 Å². The average Bonchev–Trinajstić information content (AvgIpc) is 3.09. The Hall–Kier alpha value is -2.93. The largest absolute Gasteiger partial charge is 0.493 e. The molecule has 3 amide bonds. The van der Waals surface area contributed by atoms with Crippen LogP contribution in [0.15, 0.2) is 36.4 Å². The number of nitrogens with one attached hydrogen (secondary N) is 2. The van der Waals surface area contributed by atoms with E-state index in [9.17, 15) is 9.59 Å². The zero-order valence-electron chi connectivity index (χ0n) is 15.0. The second-order valence-corrected chi connectivity index (χ2v) is 6.22. The van der Waals surface area contributed by atoms with Crippen LogP contribution in [-0.2, 0) is 0 Å². The summed E-state index contributed by atoms with van der Waals surface area (Å²) >= 11 is 6.23. The number of benzene rings is 2. The standard InChI is InChI=1S/C19H20ClN3O4/c1-3-27-17-15(20)9-12(10-16(17)26-2)18(24)22-13-5-4-6-14(11-13)23-8-7-21-19(23)25/h4-6,9-11H,3,7-8H2,1-2H3,(H,21,25)(H,22,24). The first kappa shape index (κ1) is 18.8. The van der Waals surface area contributed by atoms with Crippen molar-refractivity contribution in [1.29, 1.82) is 0 Å². The summed E-state index contributed by atoms with van der Waals surface area (Å²) in [6, 6.07) is 10.0. The number of nitrogens with zero attached hydrogens (tertiary/aromatic N) is 1. The van der Waals surface area contributed by atoms with Crippen LogP contribution in [0.3, 0.4) is 0 Å². The zero-order valence-corrected chi connectivity index (χ0v) is 15.8. The lowest BCUT2D eigenvalue weighted by Gasteiger charge is -2.16. The summed E-state index contributed by atoms with van der Waals surface area (Å²) in [6.07, 6.45) is 0. The van der Waals surface area contributed by atoms with Gasteiger partial charge in [-0.15, -0.1) is 0 Å². The summed E-state index contributed by atoms with van der Waals surface area (Å²) in [4.78, 5) is 26.1. The first-order valence-corrected chi connectivity index (χ1v) is 8.88. The second-order valence-electron chi connectivity index (χ2n) is 5.81. The molecule has 0 atom stereocenters. The van der Waals surface area contributed by atoms with E-state index in [4.69, 9.17) is 21.1 Å². The summed E-state index contributed by atoms with van der Waals surface area (Å²) < 4.78 is 10.7. The topological polar surface area (TPSA) is 79.9 Å². The number of halogens is 1. The maximum absolute atomic E-state index is 12.6. The maximum Gasteiger partial charge on any atom is 0.321 e. The van der Waals surface area contributed by atoms with Crippen LogP contribution in [0, 0.1) is 0 Å². The number of rotatable bonds is 6. The third-order valence-electron chi connectivity index (χ3n) is 4.05. The van der Waals surface area contributed by atoms with Crippen LogP contribution in [0.1, 0.15) is 17.3 Å². The number of amides is 3. The maximum atomic E-state index is 12.6. The van der Waals surface area contributed by atoms with E-state index in [0.29, 0.717) is 53.2 Å². The Bertz CT molecular complexity index is 872. The quantitative estimate of drug-likeness (QED) is 0.792. The molecular weight excluding hydrogens is 370 g/mol. The van der Waals surface area contributed by atoms with Gasteiger partial charge in [-0.25, -0.2) is 4.79 Å². The Labute approximate surface area is 162 Å².